The molecule has 0 aliphatic carbocycles. The first-order chi connectivity index (χ1) is 9.17. The molecule has 2 N–H and O–H groups in total. The molecule has 2 rings (SSSR count). The molecular formula is C14H20N2O3. The van der Waals surface area contributed by atoms with E-state index >= 15 is 0 Å². The van der Waals surface area contributed by atoms with E-state index in [4.69, 9.17) is 10.5 Å². The molecule has 0 radical (unpaired) electrons. The Morgan fingerprint density at radius 1 is 1.42 bits per heavy atom. The number of carbonyl (C=O) groups is 1. The number of esters is 1. The van der Waals surface area contributed by atoms with E-state index in [2.05, 4.69) is 9.64 Å². The summed E-state index contributed by atoms with van der Waals surface area (Å²) in [4.78, 5) is 13.3. The van der Waals surface area contributed by atoms with Crippen molar-refractivity contribution >= 4 is 5.97 Å². The van der Waals surface area contributed by atoms with Crippen molar-refractivity contribution in [2.45, 2.75) is 19.0 Å². The van der Waals surface area contributed by atoms with E-state index in [9.17, 15) is 4.79 Å². The number of carbonyl (C=O) groups excluding carboxylic acids is 1. The highest BCUT2D eigenvalue weighted by atomic mass is 16.6. The molecule has 1 aliphatic rings. The molecule has 1 saturated heterocycles. The van der Waals surface area contributed by atoms with Crippen LogP contribution in [0.1, 0.15) is 12.0 Å². The van der Waals surface area contributed by atoms with Crippen LogP contribution < -0.4 is 10.5 Å². The molecule has 1 fully saturated rings. The summed E-state index contributed by atoms with van der Waals surface area (Å²) in [5.41, 5.74) is 7.10. The number of hydrogen-bond donors (Lipinski definition) is 1. The van der Waals surface area contributed by atoms with E-state index in [0.29, 0.717) is 11.8 Å². The minimum Gasteiger partial charge on any atom is -0.482 e. The topological polar surface area (TPSA) is 64.8 Å². The Labute approximate surface area is 113 Å². The van der Waals surface area contributed by atoms with Gasteiger partial charge < -0.3 is 15.2 Å². The minimum atomic E-state index is -0.380. The van der Waals surface area contributed by atoms with E-state index in [1.807, 2.05) is 24.3 Å². The zero-order chi connectivity index (χ0) is 13.7. The average molecular weight is 264 g/mol. The molecule has 1 aromatic carbocycles. The largest absolute Gasteiger partial charge is 0.482 e. The fourth-order valence-electron chi connectivity index (χ4n) is 2.16. The van der Waals surface area contributed by atoms with Crippen LogP contribution in [0.15, 0.2) is 24.3 Å². The lowest BCUT2D eigenvalue weighted by Crippen LogP contribution is -2.26. The second-order valence-corrected chi connectivity index (χ2v) is 4.79. The molecule has 0 saturated carbocycles. The lowest BCUT2D eigenvalue weighted by atomic mass is 10.2. The van der Waals surface area contributed by atoms with Gasteiger partial charge in [0.2, 0.25) is 0 Å². The predicted octanol–water partition coefficient (Wildman–Crippen LogP) is 0.771. The van der Waals surface area contributed by atoms with Crippen LogP contribution in [-0.2, 0) is 16.1 Å². The quantitative estimate of drug-likeness (QED) is 0.796. The Bertz CT molecular complexity index is 419. The van der Waals surface area contributed by atoms with Crippen molar-refractivity contribution in [2.75, 3.05) is 26.8 Å². The Morgan fingerprint density at radius 2 is 2.16 bits per heavy atom. The van der Waals surface area contributed by atoms with Crippen molar-refractivity contribution in [1.29, 1.82) is 0 Å². The molecule has 0 bridgehead atoms. The third kappa shape index (κ3) is 4.22. The molecule has 19 heavy (non-hydrogen) atoms. The number of ether oxygens (including phenoxy) is 2. The van der Waals surface area contributed by atoms with Gasteiger partial charge in [-0.1, -0.05) is 12.1 Å². The summed E-state index contributed by atoms with van der Waals surface area (Å²) in [6, 6.07) is 8.07. The van der Waals surface area contributed by atoms with Gasteiger partial charge in [-0.3, -0.25) is 4.90 Å². The van der Waals surface area contributed by atoms with Gasteiger partial charge in [-0.25, -0.2) is 4.79 Å². The van der Waals surface area contributed by atoms with Gasteiger partial charge in [0.1, 0.15) is 5.75 Å². The summed E-state index contributed by atoms with van der Waals surface area (Å²) >= 11 is 0. The summed E-state index contributed by atoms with van der Waals surface area (Å²) in [6.07, 6.45) is 1.07. The van der Waals surface area contributed by atoms with Crippen molar-refractivity contribution in [2.24, 2.45) is 5.73 Å². The summed E-state index contributed by atoms with van der Waals surface area (Å²) in [5.74, 6) is 0.294. The van der Waals surface area contributed by atoms with Gasteiger partial charge in [0.15, 0.2) is 6.61 Å². The first kappa shape index (κ1) is 13.8. The number of rotatable bonds is 5. The molecule has 0 spiro atoms. The van der Waals surface area contributed by atoms with Gasteiger partial charge in [0.25, 0.3) is 0 Å². The molecule has 0 amide bonds. The maximum atomic E-state index is 10.9. The summed E-state index contributed by atoms with van der Waals surface area (Å²) < 4.78 is 9.80. The standard InChI is InChI=1S/C14H20N2O3/c1-18-14(17)10-19-13-4-2-11(3-5-13)8-16-7-6-12(15)9-16/h2-5,12H,6-10,15H2,1H3. The van der Waals surface area contributed by atoms with Crippen LogP contribution in [0, 0.1) is 0 Å². The van der Waals surface area contributed by atoms with Gasteiger partial charge >= 0.3 is 5.97 Å². The van der Waals surface area contributed by atoms with E-state index in [1.54, 1.807) is 0 Å². The van der Waals surface area contributed by atoms with E-state index in [-0.39, 0.29) is 12.6 Å². The van der Waals surface area contributed by atoms with Crippen LogP contribution >= 0.6 is 0 Å². The lowest BCUT2D eigenvalue weighted by Gasteiger charge is -2.15. The molecule has 104 valence electrons. The van der Waals surface area contributed by atoms with Crippen molar-refractivity contribution in [1.82, 2.24) is 4.90 Å². The molecule has 0 aromatic heterocycles. The van der Waals surface area contributed by atoms with Crippen LogP contribution in [-0.4, -0.2) is 43.7 Å². The van der Waals surface area contributed by atoms with Crippen molar-refractivity contribution in [3.05, 3.63) is 29.8 Å². The fraction of sp³-hybridized carbons (Fsp3) is 0.500. The molecule has 5 nitrogen and oxygen atoms in total. The molecule has 1 aromatic rings. The first-order valence-electron chi connectivity index (χ1n) is 6.44. The zero-order valence-corrected chi connectivity index (χ0v) is 11.2. The molecule has 1 heterocycles. The van der Waals surface area contributed by atoms with Crippen molar-refractivity contribution < 1.29 is 14.3 Å². The highest BCUT2D eigenvalue weighted by molar-refractivity contribution is 5.70. The van der Waals surface area contributed by atoms with Crippen molar-refractivity contribution in [3.63, 3.8) is 0 Å². The Morgan fingerprint density at radius 3 is 2.74 bits per heavy atom. The number of hydrogen-bond acceptors (Lipinski definition) is 5. The maximum absolute atomic E-state index is 10.9. The minimum absolute atomic E-state index is 0.0587. The average Bonchev–Trinajstić information content (AvgIpc) is 2.83. The SMILES string of the molecule is COC(=O)COc1ccc(CN2CCC(N)C2)cc1. The number of nitrogens with zero attached hydrogens (tertiary/aromatic N) is 1. The van der Waals surface area contributed by atoms with E-state index < -0.39 is 0 Å². The first-order valence-corrected chi connectivity index (χ1v) is 6.44. The Balaban J connectivity index is 1.82. The van der Waals surface area contributed by atoms with E-state index in [0.717, 1.165) is 26.1 Å². The number of benzene rings is 1. The third-order valence-electron chi connectivity index (χ3n) is 3.22. The highest BCUT2D eigenvalue weighted by Crippen LogP contribution is 2.16. The molecular weight excluding hydrogens is 244 g/mol. The summed E-state index contributed by atoms with van der Waals surface area (Å²) in [5, 5.41) is 0. The van der Waals surface area contributed by atoms with Crippen LogP contribution in [0.5, 0.6) is 5.75 Å². The smallest absolute Gasteiger partial charge is 0.343 e. The van der Waals surface area contributed by atoms with Gasteiger partial charge in [0, 0.05) is 25.7 Å². The van der Waals surface area contributed by atoms with Gasteiger partial charge in [-0.2, -0.15) is 0 Å². The van der Waals surface area contributed by atoms with Crippen LogP contribution in [0.2, 0.25) is 0 Å². The van der Waals surface area contributed by atoms with Crippen LogP contribution in [0.4, 0.5) is 0 Å². The lowest BCUT2D eigenvalue weighted by molar-refractivity contribution is -0.142. The second-order valence-electron chi connectivity index (χ2n) is 4.79. The van der Waals surface area contributed by atoms with Crippen LogP contribution in [0.25, 0.3) is 0 Å². The molecule has 1 unspecified atom stereocenters. The zero-order valence-electron chi connectivity index (χ0n) is 11.2. The summed E-state index contributed by atoms with van der Waals surface area (Å²) in [7, 11) is 1.34. The van der Waals surface area contributed by atoms with Gasteiger partial charge in [-0.15, -0.1) is 0 Å². The van der Waals surface area contributed by atoms with Crippen molar-refractivity contribution in [3.8, 4) is 5.75 Å². The molecule has 5 heteroatoms. The van der Waals surface area contributed by atoms with E-state index in [1.165, 1.54) is 12.7 Å². The molecule has 1 atom stereocenters. The highest BCUT2D eigenvalue weighted by Gasteiger charge is 2.18. The number of likely N-dealkylation sites (tertiary alicyclic amines) is 1. The number of methoxy groups -OCH3 is 1. The Kier molecular flexibility index (Phi) is 4.76. The maximum Gasteiger partial charge on any atom is 0.343 e. The fourth-order valence-corrected chi connectivity index (χ4v) is 2.16. The van der Waals surface area contributed by atoms with Gasteiger partial charge in [-0.05, 0) is 24.1 Å². The third-order valence-corrected chi connectivity index (χ3v) is 3.22. The normalized spacial score (nSPS) is 19.4. The summed E-state index contributed by atoms with van der Waals surface area (Å²) in [6.45, 7) is 2.87. The monoisotopic (exact) mass is 264 g/mol. The molecule has 1 aliphatic heterocycles. The number of nitrogens with two attached hydrogens (primary N) is 1. The predicted molar refractivity (Wildman–Crippen MR) is 71.8 cm³/mol. The van der Waals surface area contributed by atoms with Crippen LogP contribution in [0.3, 0.4) is 0 Å². The second kappa shape index (κ2) is 6.54. The Hall–Kier alpha value is -1.59. The van der Waals surface area contributed by atoms with Gasteiger partial charge in [0.05, 0.1) is 7.11 Å².